The maximum Gasteiger partial charge on any atom is 0.254 e. The molecular formula is C23H23ClN2O5S. The molecule has 0 bridgehead atoms. The number of sulfonamides is 1. The van der Waals surface area contributed by atoms with Gasteiger partial charge in [0.25, 0.3) is 5.56 Å². The van der Waals surface area contributed by atoms with Crippen LogP contribution in [0.4, 0.5) is 5.69 Å². The van der Waals surface area contributed by atoms with Crippen LogP contribution in [-0.4, -0.2) is 25.8 Å². The Morgan fingerprint density at radius 1 is 1.00 bits per heavy atom. The van der Waals surface area contributed by atoms with E-state index in [0.29, 0.717) is 45.7 Å². The molecule has 0 atom stereocenters. The van der Waals surface area contributed by atoms with Crippen LogP contribution in [-0.2, 0) is 23.5 Å². The fourth-order valence-electron chi connectivity index (χ4n) is 3.59. The number of aromatic nitrogens is 1. The topological polar surface area (TPSA) is 86.6 Å². The molecule has 0 spiro atoms. The van der Waals surface area contributed by atoms with Crippen LogP contribution in [0, 0.1) is 0 Å². The molecule has 1 aliphatic heterocycles. The monoisotopic (exact) mass is 474 g/mol. The minimum atomic E-state index is -3.48. The average molecular weight is 475 g/mol. The van der Waals surface area contributed by atoms with Gasteiger partial charge < -0.3 is 14.0 Å². The minimum absolute atomic E-state index is 0.208. The molecule has 1 aromatic heterocycles. The minimum Gasteiger partial charge on any atom is -0.493 e. The van der Waals surface area contributed by atoms with E-state index in [9.17, 15) is 13.2 Å². The van der Waals surface area contributed by atoms with Crippen LogP contribution < -0.4 is 19.8 Å². The fraction of sp³-hybridized carbons (Fsp3) is 0.261. The Balaban J connectivity index is 1.94. The molecule has 0 amide bonds. The number of halogens is 1. The quantitative estimate of drug-likeness (QED) is 0.587. The number of rotatable bonds is 2. The first-order valence-corrected chi connectivity index (χ1v) is 12.4. The summed E-state index contributed by atoms with van der Waals surface area (Å²) in [4.78, 5) is 12.3. The van der Waals surface area contributed by atoms with Crippen molar-refractivity contribution in [1.82, 2.24) is 4.57 Å². The third kappa shape index (κ3) is 5.08. The number of anilines is 1. The van der Waals surface area contributed by atoms with Gasteiger partial charge in [-0.3, -0.25) is 9.52 Å². The van der Waals surface area contributed by atoms with Crippen molar-refractivity contribution >= 4 is 27.3 Å². The van der Waals surface area contributed by atoms with Crippen LogP contribution in [0.1, 0.15) is 18.4 Å². The molecule has 168 valence electrons. The fourth-order valence-corrected chi connectivity index (χ4v) is 4.31. The molecule has 9 heteroatoms. The van der Waals surface area contributed by atoms with Crippen molar-refractivity contribution in [2.45, 2.75) is 19.3 Å². The van der Waals surface area contributed by atoms with Gasteiger partial charge in [0.2, 0.25) is 10.0 Å². The van der Waals surface area contributed by atoms with Crippen LogP contribution in [0.2, 0.25) is 5.02 Å². The van der Waals surface area contributed by atoms with E-state index in [0.717, 1.165) is 31.1 Å². The molecule has 32 heavy (non-hydrogen) atoms. The van der Waals surface area contributed by atoms with E-state index in [-0.39, 0.29) is 5.56 Å². The number of benzene rings is 2. The third-order valence-corrected chi connectivity index (χ3v) is 5.95. The number of hydrogen-bond acceptors (Lipinski definition) is 5. The number of nitrogens with one attached hydrogen (secondary N) is 1. The van der Waals surface area contributed by atoms with Gasteiger partial charge in [-0.25, -0.2) is 8.42 Å². The largest absolute Gasteiger partial charge is 0.493 e. The van der Waals surface area contributed by atoms with Crippen molar-refractivity contribution in [2.24, 2.45) is 7.05 Å². The Kier molecular flexibility index (Phi) is 6.17. The van der Waals surface area contributed by atoms with Gasteiger partial charge in [0.15, 0.2) is 0 Å². The summed E-state index contributed by atoms with van der Waals surface area (Å²) in [6.45, 7) is 0.445. The van der Waals surface area contributed by atoms with Crippen LogP contribution >= 0.6 is 11.6 Å². The smallest absolute Gasteiger partial charge is 0.254 e. The highest BCUT2D eigenvalue weighted by Gasteiger charge is 2.18. The lowest BCUT2D eigenvalue weighted by atomic mass is 10.0. The van der Waals surface area contributed by atoms with Crippen molar-refractivity contribution in [3.63, 3.8) is 0 Å². The molecule has 0 unspecified atom stereocenters. The van der Waals surface area contributed by atoms with Crippen molar-refractivity contribution in [3.8, 4) is 28.4 Å². The first-order chi connectivity index (χ1) is 15.2. The number of hydrogen-bond donors (Lipinski definition) is 1. The highest BCUT2D eigenvalue weighted by Crippen LogP contribution is 2.41. The molecule has 1 N–H and O–H groups in total. The third-order valence-electron chi connectivity index (χ3n) is 5.11. The van der Waals surface area contributed by atoms with Gasteiger partial charge in [-0.2, -0.15) is 0 Å². The summed E-state index contributed by atoms with van der Waals surface area (Å²) in [6, 6.07) is 12.0. The number of pyridine rings is 1. The summed E-state index contributed by atoms with van der Waals surface area (Å²) in [7, 11) is -1.84. The second-order valence-electron chi connectivity index (χ2n) is 7.75. The summed E-state index contributed by atoms with van der Waals surface area (Å²) in [5.41, 5.74) is 2.37. The Morgan fingerprint density at radius 3 is 2.59 bits per heavy atom. The lowest BCUT2D eigenvalue weighted by Gasteiger charge is -2.20. The average Bonchev–Trinajstić information content (AvgIpc) is 2.71. The van der Waals surface area contributed by atoms with Crippen molar-refractivity contribution in [2.75, 3.05) is 17.6 Å². The second kappa shape index (κ2) is 8.88. The van der Waals surface area contributed by atoms with E-state index >= 15 is 0 Å². The van der Waals surface area contributed by atoms with Gasteiger partial charge >= 0.3 is 0 Å². The van der Waals surface area contributed by atoms with Gasteiger partial charge in [0.05, 0.1) is 12.9 Å². The van der Waals surface area contributed by atoms with Crippen LogP contribution in [0.15, 0.2) is 53.5 Å². The molecule has 0 radical (unpaired) electrons. The van der Waals surface area contributed by atoms with Crippen LogP contribution in [0.25, 0.3) is 11.1 Å². The normalized spacial score (nSPS) is 13.8. The molecule has 2 heterocycles. The van der Waals surface area contributed by atoms with E-state index in [4.69, 9.17) is 21.1 Å². The molecule has 0 aliphatic carbocycles. The molecule has 0 saturated carbocycles. The first kappa shape index (κ1) is 22.2. The van der Waals surface area contributed by atoms with Crippen LogP contribution in [0.3, 0.4) is 0 Å². The van der Waals surface area contributed by atoms with Gasteiger partial charge in [-0.15, -0.1) is 0 Å². The molecule has 2 aromatic carbocycles. The first-order valence-electron chi connectivity index (χ1n) is 10.1. The second-order valence-corrected chi connectivity index (χ2v) is 9.93. The zero-order chi connectivity index (χ0) is 22.9. The van der Waals surface area contributed by atoms with Gasteiger partial charge in [-0.05, 0) is 55.2 Å². The summed E-state index contributed by atoms with van der Waals surface area (Å²) in [5.74, 6) is 1.54. The number of nitrogens with zero attached hydrogens (tertiary/aromatic N) is 1. The Morgan fingerprint density at radius 2 is 1.81 bits per heavy atom. The van der Waals surface area contributed by atoms with Crippen molar-refractivity contribution < 1.29 is 17.9 Å². The van der Waals surface area contributed by atoms with E-state index in [1.54, 1.807) is 37.5 Å². The Bertz CT molecular complexity index is 1330. The molecule has 3 aromatic rings. The van der Waals surface area contributed by atoms with Crippen LogP contribution in [0.5, 0.6) is 17.2 Å². The zero-order valence-corrected chi connectivity index (χ0v) is 19.3. The molecule has 7 nitrogen and oxygen atoms in total. The predicted molar refractivity (Wildman–Crippen MR) is 126 cm³/mol. The zero-order valence-electron chi connectivity index (χ0n) is 17.7. The van der Waals surface area contributed by atoms with Gasteiger partial charge in [-0.1, -0.05) is 17.7 Å². The molecule has 1 aliphatic rings. The van der Waals surface area contributed by atoms with E-state index in [2.05, 4.69) is 4.72 Å². The highest BCUT2D eigenvalue weighted by atomic mass is 35.5. The van der Waals surface area contributed by atoms with E-state index < -0.39 is 10.0 Å². The molecule has 4 rings (SSSR count). The predicted octanol–water partition coefficient (Wildman–Crippen LogP) is 4.58. The Hall–Kier alpha value is -2.97. The van der Waals surface area contributed by atoms with Gasteiger partial charge in [0.1, 0.15) is 17.2 Å². The molecule has 0 fully saturated rings. The summed E-state index contributed by atoms with van der Waals surface area (Å²) in [5, 5.41) is 0.555. The molecular weight excluding hydrogens is 452 g/mol. The summed E-state index contributed by atoms with van der Waals surface area (Å²) >= 11 is 6.23. The maximum absolute atomic E-state index is 12.3. The van der Waals surface area contributed by atoms with Crippen molar-refractivity contribution in [1.29, 1.82) is 0 Å². The number of fused-ring (bicyclic) bond motifs is 4. The van der Waals surface area contributed by atoms with Gasteiger partial charge in [0, 0.05) is 41.1 Å². The SMILES string of the molecule is Cn1cc2c(cc1=O)OCCCCc1ccc(Cl)cc1Oc1ccc(NS(C)(=O)=O)cc1-2. The molecule has 0 saturated heterocycles. The highest BCUT2D eigenvalue weighted by molar-refractivity contribution is 7.92. The van der Waals surface area contributed by atoms with Crippen molar-refractivity contribution in [3.05, 3.63) is 69.6 Å². The Labute approximate surface area is 191 Å². The lowest BCUT2D eigenvalue weighted by Crippen LogP contribution is -2.16. The summed E-state index contributed by atoms with van der Waals surface area (Å²) < 4.78 is 39.8. The lowest BCUT2D eigenvalue weighted by molar-refractivity contribution is 0.306. The van der Waals surface area contributed by atoms with E-state index in [1.165, 1.54) is 10.6 Å². The standard InChI is InChI=1S/C23H23ClN2O5S/c1-26-14-19-18-12-17(25-32(2,28)29)8-9-20(18)31-21-11-16(24)7-6-15(21)5-3-4-10-30-22(19)13-23(26)27/h6-9,11-14,25H,3-5,10H2,1-2H3. The summed E-state index contributed by atoms with van der Waals surface area (Å²) in [6.07, 6.45) is 5.20. The maximum atomic E-state index is 12.3. The van der Waals surface area contributed by atoms with E-state index in [1.807, 2.05) is 12.1 Å². The number of aryl methyl sites for hydroxylation is 2. The number of ether oxygens (including phenoxy) is 2.